The maximum atomic E-state index is 11.3. The van der Waals surface area contributed by atoms with Crippen molar-refractivity contribution in [1.82, 2.24) is 5.32 Å². The van der Waals surface area contributed by atoms with Crippen LogP contribution < -0.4 is 5.32 Å². The Labute approximate surface area is 91.1 Å². The zero-order valence-corrected chi connectivity index (χ0v) is 9.58. The molecule has 0 aromatic rings. The van der Waals surface area contributed by atoms with Crippen molar-refractivity contribution in [2.45, 2.75) is 58.4 Å². The summed E-state index contributed by atoms with van der Waals surface area (Å²) in [5.74, 6) is -1.09. The van der Waals surface area contributed by atoms with Crippen molar-refractivity contribution in [3.63, 3.8) is 0 Å². The molecule has 2 N–H and O–H groups in total. The highest BCUT2D eigenvalue weighted by Gasteiger charge is 2.18. The van der Waals surface area contributed by atoms with E-state index in [1.165, 1.54) is 0 Å². The molecule has 0 fully saturated rings. The zero-order valence-electron chi connectivity index (χ0n) is 9.58. The summed E-state index contributed by atoms with van der Waals surface area (Å²) >= 11 is 0. The lowest BCUT2D eigenvalue weighted by atomic mass is 10.1. The average molecular weight is 215 g/mol. The second-order valence-electron chi connectivity index (χ2n) is 3.70. The first-order valence-electron chi connectivity index (χ1n) is 5.64. The van der Waals surface area contributed by atoms with Crippen LogP contribution in [0.5, 0.6) is 0 Å². The van der Waals surface area contributed by atoms with Crippen molar-refractivity contribution in [2.24, 2.45) is 0 Å². The van der Waals surface area contributed by atoms with Gasteiger partial charge < -0.3 is 10.4 Å². The molecule has 0 unspecified atom stereocenters. The lowest BCUT2D eigenvalue weighted by Gasteiger charge is -2.13. The smallest absolute Gasteiger partial charge is 0.326 e. The van der Waals surface area contributed by atoms with E-state index in [2.05, 4.69) is 5.32 Å². The summed E-state index contributed by atoms with van der Waals surface area (Å²) in [7, 11) is 0. The van der Waals surface area contributed by atoms with Crippen LogP contribution in [-0.2, 0) is 9.59 Å². The van der Waals surface area contributed by atoms with Crippen molar-refractivity contribution in [2.75, 3.05) is 0 Å². The fraction of sp³-hybridized carbons (Fsp3) is 0.818. The van der Waals surface area contributed by atoms with E-state index in [0.717, 1.165) is 25.7 Å². The SMILES string of the molecule is CCCCC(=O)N[C@@H](CCCC)C(=O)O. The van der Waals surface area contributed by atoms with E-state index >= 15 is 0 Å². The van der Waals surface area contributed by atoms with Gasteiger partial charge >= 0.3 is 5.97 Å². The molecule has 0 bridgehead atoms. The highest BCUT2D eigenvalue weighted by Crippen LogP contribution is 2.02. The molecule has 0 aliphatic rings. The number of carbonyl (C=O) groups excluding carboxylic acids is 1. The van der Waals surface area contributed by atoms with Crippen molar-refractivity contribution in [3.05, 3.63) is 0 Å². The van der Waals surface area contributed by atoms with Crippen molar-refractivity contribution in [3.8, 4) is 0 Å². The highest BCUT2D eigenvalue weighted by molar-refractivity contribution is 5.83. The van der Waals surface area contributed by atoms with Gasteiger partial charge in [0.2, 0.25) is 5.91 Å². The maximum Gasteiger partial charge on any atom is 0.326 e. The number of nitrogens with one attached hydrogen (secondary N) is 1. The van der Waals surface area contributed by atoms with Crippen molar-refractivity contribution >= 4 is 11.9 Å². The molecule has 1 amide bonds. The van der Waals surface area contributed by atoms with Crippen molar-refractivity contribution in [1.29, 1.82) is 0 Å². The number of hydrogen-bond donors (Lipinski definition) is 2. The molecular weight excluding hydrogens is 194 g/mol. The molecule has 0 heterocycles. The summed E-state index contributed by atoms with van der Waals surface area (Å²) in [6.07, 6.45) is 4.46. The minimum Gasteiger partial charge on any atom is -0.480 e. The molecule has 0 spiro atoms. The van der Waals surface area contributed by atoms with E-state index in [9.17, 15) is 9.59 Å². The van der Waals surface area contributed by atoms with E-state index in [1.54, 1.807) is 0 Å². The number of unbranched alkanes of at least 4 members (excludes halogenated alkanes) is 2. The largest absolute Gasteiger partial charge is 0.480 e. The Hall–Kier alpha value is -1.06. The lowest BCUT2D eigenvalue weighted by molar-refractivity contribution is -0.142. The van der Waals surface area contributed by atoms with Crippen LogP contribution >= 0.6 is 0 Å². The van der Waals surface area contributed by atoms with Crippen LogP contribution in [0.4, 0.5) is 0 Å². The molecule has 0 saturated heterocycles. The number of carboxylic acid groups (broad SMARTS) is 1. The molecule has 4 nitrogen and oxygen atoms in total. The van der Waals surface area contributed by atoms with Gasteiger partial charge in [-0.3, -0.25) is 4.79 Å². The second-order valence-corrected chi connectivity index (χ2v) is 3.70. The predicted octanol–water partition coefficient (Wildman–Crippen LogP) is 1.94. The monoisotopic (exact) mass is 215 g/mol. The third-order valence-electron chi connectivity index (χ3n) is 2.24. The molecule has 1 atom stereocenters. The van der Waals surface area contributed by atoms with Gasteiger partial charge in [-0.25, -0.2) is 4.79 Å². The van der Waals surface area contributed by atoms with Gasteiger partial charge in [-0.05, 0) is 12.8 Å². The number of amides is 1. The Balaban J connectivity index is 3.93. The van der Waals surface area contributed by atoms with E-state index in [1.807, 2.05) is 13.8 Å². The lowest BCUT2D eigenvalue weighted by Crippen LogP contribution is -2.40. The normalized spacial score (nSPS) is 12.1. The molecule has 0 aliphatic heterocycles. The fourth-order valence-electron chi connectivity index (χ4n) is 1.27. The Bertz CT molecular complexity index is 204. The number of aliphatic carboxylic acids is 1. The molecule has 0 rings (SSSR count). The molecule has 0 aromatic heterocycles. The number of rotatable bonds is 8. The standard InChI is InChI=1S/C11H21NO3/c1-3-5-7-9(11(14)15)12-10(13)8-6-4-2/h9H,3-8H2,1-2H3,(H,12,13)(H,14,15)/t9-/m0/s1. The minimum absolute atomic E-state index is 0.152. The van der Waals surface area contributed by atoms with Crippen LogP contribution in [0.1, 0.15) is 52.4 Å². The van der Waals surface area contributed by atoms with Gasteiger partial charge in [0.25, 0.3) is 0 Å². The third kappa shape index (κ3) is 6.94. The van der Waals surface area contributed by atoms with Crippen LogP contribution in [0.25, 0.3) is 0 Å². The summed E-state index contributed by atoms with van der Waals surface area (Å²) in [5, 5.41) is 11.4. The molecule has 0 saturated carbocycles. The van der Waals surface area contributed by atoms with Gasteiger partial charge in [-0.15, -0.1) is 0 Å². The zero-order chi connectivity index (χ0) is 11.7. The Kier molecular flexibility index (Phi) is 7.68. The Morgan fingerprint density at radius 1 is 1.20 bits per heavy atom. The van der Waals surface area contributed by atoms with Crippen LogP contribution in [0.3, 0.4) is 0 Å². The minimum atomic E-state index is -0.937. The van der Waals surface area contributed by atoms with Gasteiger partial charge in [0.15, 0.2) is 0 Å². The van der Waals surface area contributed by atoms with E-state index in [4.69, 9.17) is 5.11 Å². The first-order valence-corrected chi connectivity index (χ1v) is 5.64. The highest BCUT2D eigenvalue weighted by atomic mass is 16.4. The molecule has 0 radical (unpaired) electrons. The van der Waals surface area contributed by atoms with Gasteiger partial charge in [0.1, 0.15) is 6.04 Å². The molecule has 88 valence electrons. The van der Waals surface area contributed by atoms with Gasteiger partial charge in [-0.2, -0.15) is 0 Å². The topological polar surface area (TPSA) is 66.4 Å². The predicted molar refractivity (Wildman–Crippen MR) is 58.6 cm³/mol. The van der Waals surface area contributed by atoms with Crippen molar-refractivity contribution < 1.29 is 14.7 Å². The van der Waals surface area contributed by atoms with Crippen LogP contribution in [0.2, 0.25) is 0 Å². The second kappa shape index (κ2) is 8.26. The fourth-order valence-corrected chi connectivity index (χ4v) is 1.27. The van der Waals surface area contributed by atoms with E-state index < -0.39 is 12.0 Å². The third-order valence-corrected chi connectivity index (χ3v) is 2.24. The number of carboxylic acids is 1. The summed E-state index contributed by atoms with van der Waals surface area (Å²) in [5.41, 5.74) is 0. The number of hydrogen-bond acceptors (Lipinski definition) is 2. The quantitative estimate of drug-likeness (QED) is 0.650. The maximum absolute atomic E-state index is 11.3. The van der Waals surface area contributed by atoms with Crippen LogP contribution in [-0.4, -0.2) is 23.0 Å². The number of carbonyl (C=O) groups is 2. The summed E-state index contributed by atoms with van der Waals surface area (Å²) in [6.45, 7) is 4.00. The van der Waals surface area contributed by atoms with Crippen LogP contribution in [0, 0.1) is 0 Å². The molecule has 4 heteroatoms. The molecule has 15 heavy (non-hydrogen) atoms. The summed E-state index contributed by atoms with van der Waals surface area (Å²) in [4.78, 5) is 22.1. The first-order chi connectivity index (χ1) is 7.11. The van der Waals surface area contributed by atoms with Gasteiger partial charge in [0, 0.05) is 6.42 Å². The molecular formula is C11H21NO3. The Morgan fingerprint density at radius 2 is 1.80 bits per heavy atom. The summed E-state index contributed by atoms with van der Waals surface area (Å²) in [6, 6.07) is -0.714. The van der Waals surface area contributed by atoms with E-state index in [-0.39, 0.29) is 5.91 Å². The average Bonchev–Trinajstić information content (AvgIpc) is 2.20. The van der Waals surface area contributed by atoms with Gasteiger partial charge in [-0.1, -0.05) is 33.1 Å². The Morgan fingerprint density at radius 3 is 2.27 bits per heavy atom. The van der Waals surface area contributed by atoms with Gasteiger partial charge in [0.05, 0.1) is 0 Å². The molecule has 0 aromatic carbocycles. The van der Waals surface area contributed by atoms with Crippen LogP contribution in [0.15, 0.2) is 0 Å². The summed E-state index contributed by atoms with van der Waals surface area (Å²) < 4.78 is 0. The molecule has 0 aliphatic carbocycles. The first kappa shape index (κ1) is 13.9. The van der Waals surface area contributed by atoms with E-state index in [0.29, 0.717) is 12.8 Å².